The van der Waals surface area contributed by atoms with E-state index in [9.17, 15) is 18.0 Å². The van der Waals surface area contributed by atoms with E-state index in [4.69, 9.17) is 0 Å². The van der Waals surface area contributed by atoms with Gasteiger partial charge in [-0.3, -0.25) is 14.6 Å². The average molecular weight is 451 g/mol. The summed E-state index contributed by atoms with van der Waals surface area (Å²) in [5.41, 5.74) is 1.86. The van der Waals surface area contributed by atoms with Crippen LogP contribution < -0.4 is 15.4 Å². The molecule has 0 aliphatic carbocycles. The highest BCUT2D eigenvalue weighted by Gasteiger charge is 2.22. The van der Waals surface area contributed by atoms with E-state index >= 15 is 0 Å². The molecular formula is C20H26N4O4S2. The molecule has 2 amide bonds. The number of aromatic nitrogens is 1. The van der Waals surface area contributed by atoms with Gasteiger partial charge in [-0.1, -0.05) is 12.1 Å². The van der Waals surface area contributed by atoms with Crippen LogP contribution in [0.2, 0.25) is 0 Å². The lowest BCUT2D eigenvalue weighted by atomic mass is 10.1. The molecule has 30 heavy (non-hydrogen) atoms. The van der Waals surface area contributed by atoms with Crippen molar-refractivity contribution in [3.63, 3.8) is 0 Å². The van der Waals surface area contributed by atoms with Crippen molar-refractivity contribution in [1.82, 2.24) is 15.0 Å². The predicted octanol–water partition coefficient (Wildman–Crippen LogP) is 2.01. The molecule has 0 aliphatic rings. The van der Waals surface area contributed by atoms with E-state index in [1.165, 1.54) is 6.92 Å². The van der Waals surface area contributed by atoms with Crippen molar-refractivity contribution in [2.45, 2.75) is 25.9 Å². The predicted molar refractivity (Wildman–Crippen MR) is 120 cm³/mol. The van der Waals surface area contributed by atoms with Gasteiger partial charge in [0.2, 0.25) is 15.9 Å². The van der Waals surface area contributed by atoms with Gasteiger partial charge < -0.3 is 10.6 Å². The second-order valence-corrected chi connectivity index (χ2v) is 9.49. The third kappa shape index (κ3) is 7.77. The lowest BCUT2D eigenvalue weighted by molar-refractivity contribution is -0.122. The third-order valence-electron chi connectivity index (χ3n) is 4.22. The Morgan fingerprint density at radius 2 is 1.90 bits per heavy atom. The number of carbonyl (C=O) groups is 2. The Labute approximate surface area is 181 Å². The molecule has 162 valence electrons. The highest BCUT2D eigenvalue weighted by atomic mass is 32.2. The molecule has 1 unspecified atom stereocenters. The van der Waals surface area contributed by atoms with Crippen LogP contribution in [0.15, 0.2) is 48.8 Å². The number of hydrogen-bond acceptors (Lipinski definition) is 6. The zero-order chi connectivity index (χ0) is 22.0. The molecule has 1 aromatic carbocycles. The van der Waals surface area contributed by atoms with Crippen LogP contribution in [0.25, 0.3) is 0 Å². The molecule has 1 aromatic heterocycles. The van der Waals surface area contributed by atoms with Crippen molar-refractivity contribution in [1.29, 1.82) is 0 Å². The molecular weight excluding hydrogens is 424 g/mol. The van der Waals surface area contributed by atoms with Gasteiger partial charge in [0.15, 0.2) is 0 Å². The summed E-state index contributed by atoms with van der Waals surface area (Å²) >= 11 is 1.54. The monoisotopic (exact) mass is 450 g/mol. The van der Waals surface area contributed by atoms with Crippen LogP contribution in [0.4, 0.5) is 5.69 Å². The van der Waals surface area contributed by atoms with E-state index in [0.717, 1.165) is 5.56 Å². The van der Waals surface area contributed by atoms with E-state index in [1.54, 1.807) is 54.5 Å². The molecule has 0 aliphatic heterocycles. The fourth-order valence-electron chi connectivity index (χ4n) is 2.56. The fraction of sp³-hybridized carbons (Fsp3) is 0.350. The molecule has 10 heteroatoms. The summed E-state index contributed by atoms with van der Waals surface area (Å²) in [6.07, 6.45) is 5.38. The third-order valence-corrected chi connectivity index (χ3v) is 6.27. The van der Waals surface area contributed by atoms with E-state index in [1.807, 2.05) is 12.3 Å². The van der Waals surface area contributed by atoms with Crippen LogP contribution in [0.3, 0.4) is 0 Å². The minimum Gasteiger partial charge on any atom is -0.351 e. The van der Waals surface area contributed by atoms with Gasteiger partial charge >= 0.3 is 0 Å². The molecule has 0 fully saturated rings. The summed E-state index contributed by atoms with van der Waals surface area (Å²) in [4.78, 5) is 28.7. The highest BCUT2D eigenvalue weighted by Crippen LogP contribution is 2.12. The van der Waals surface area contributed by atoms with Gasteiger partial charge in [-0.2, -0.15) is 11.8 Å². The maximum absolute atomic E-state index is 12.5. The SMILES string of the molecule is CCS(=O)(=O)NC(CCSC)C(=O)NCc1cccc(NC(=O)c2ccncc2)c1. The van der Waals surface area contributed by atoms with Crippen molar-refractivity contribution >= 4 is 39.3 Å². The molecule has 0 saturated carbocycles. The molecule has 0 spiro atoms. The first-order valence-corrected chi connectivity index (χ1v) is 12.5. The van der Waals surface area contributed by atoms with Gasteiger partial charge in [-0.05, 0) is 55.2 Å². The summed E-state index contributed by atoms with van der Waals surface area (Å²) in [7, 11) is -3.50. The summed E-state index contributed by atoms with van der Waals surface area (Å²) in [5, 5.41) is 5.57. The first kappa shape index (κ1) is 23.8. The standard InChI is InChI=1S/C20H26N4O4S2/c1-3-30(27,28)24-18(9-12-29-2)20(26)22-14-15-5-4-6-17(13-15)23-19(25)16-7-10-21-11-8-16/h4-8,10-11,13,18,24H,3,9,12,14H2,1-2H3,(H,22,26)(H,23,25). The van der Waals surface area contributed by atoms with Gasteiger partial charge in [-0.15, -0.1) is 0 Å². The minimum atomic E-state index is -3.50. The second-order valence-electron chi connectivity index (χ2n) is 6.46. The Morgan fingerprint density at radius 3 is 2.57 bits per heavy atom. The van der Waals surface area contributed by atoms with Crippen LogP contribution in [0.5, 0.6) is 0 Å². The Hall–Kier alpha value is -2.43. The Kier molecular flexibility index (Phi) is 9.28. The number of thioether (sulfide) groups is 1. The second kappa shape index (κ2) is 11.7. The topological polar surface area (TPSA) is 117 Å². The quantitative estimate of drug-likeness (QED) is 0.482. The van der Waals surface area contributed by atoms with Crippen LogP contribution in [0.1, 0.15) is 29.3 Å². The van der Waals surface area contributed by atoms with Gasteiger partial charge in [0, 0.05) is 30.2 Å². The average Bonchev–Trinajstić information content (AvgIpc) is 2.75. The highest BCUT2D eigenvalue weighted by molar-refractivity contribution is 7.98. The van der Waals surface area contributed by atoms with E-state index in [2.05, 4.69) is 20.3 Å². The normalized spacial score (nSPS) is 12.2. The zero-order valence-electron chi connectivity index (χ0n) is 16.9. The number of nitrogens with zero attached hydrogens (tertiary/aromatic N) is 1. The number of amides is 2. The zero-order valence-corrected chi connectivity index (χ0v) is 18.6. The van der Waals surface area contributed by atoms with Crippen LogP contribution in [0, 0.1) is 0 Å². The van der Waals surface area contributed by atoms with Crippen molar-refractivity contribution in [2.24, 2.45) is 0 Å². The number of nitrogens with one attached hydrogen (secondary N) is 3. The number of anilines is 1. The number of benzene rings is 1. The van der Waals surface area contributed by atoms with Gasteiger partial charge in [0.1, 0.15) is 6.04 Å². The molecule has 0 bridgehead atoms. The molecule has 0 saturated heterocycles. The molecule has 0 radical (unpaired) electrons. The number of carbonyl (C=O) groups excluding carboxylic acids is 2. The number of sulfonamides is 1. The molecule has 3 N–H and O–H groups in total. The summed E-state index contributed by atoms with van der Waals surface area (Å²) < 4.78 is 26.2. The molecule has 2 aromatic rings. The summed E-state index contributed by atoms with van der Waals surface area (Å²) in [6, 6.07) is 9.51. The Balaban J connectivity index is 1.99. The first-order valence-electron chi connectivity index (χ1n) is 9.41. The lowest BCUT2D eigenvalue weighted by Gasteiger charge is -2.18. The summed E-state index contributed by atoms with van der Waals surface area (Å²) in [5.74, 6) is -0.0761. The number of pyridine rings is 1. The molecule has 8 nitrogen and oxygen atoms in total. The van der Waals surface area contributed by atoms with Crippen molar-refractivity contribution in [3.8, 4) is 0 Å². The largest absolute Gasteiger partial charge is 0.351 e. The van der Waals surface area contributed by atoms with Crippen LogP contribution >= 0.6 is 11.8 Å². The van der Waals surface area contributed by atoms with Crippen molar-refractivity contribution in [3.05, 3.63) is 59.9 Å². The molecule has 1 heterocycles. The summed E-state index contributed by atoms with van der Waals surface area (Å²) in [6.45, 7) is 1.74. The van der Waals surface area contributed by atoms with E-state index in [0.29, 0.717) is 23.4 Å². The molecule has 1 atom stereocenters. The van der Waals surface area contributed by atoms with Gasteiger partial charge in [0.05, 0.1) is 5.75 Å². The smallest absolute Gasteiger partial charge is 0.255 e. The fourth-order valence-corrected chi connectivity index (χ4v) is 3.85. The van der Waals surface area contributed by atoms with Crippen molar-refractivity contribution in [2.75, 3.05) is 23.1 Å². The maximum Gasteiger partial charge on any atom is 0.255 e. The van der Waals surface area contributed by atoms with Gasteiger partial charge in [0.25, 0.3) is 5.91 Å². The van der Waals surface area contributed by atoms with Crippen molar-refractivity contribution < 1.29 is 18.0 Å². The lowest BCUT2D eigenvalue weighted by Crippen LogP contribution is -2.47. The van der Waals surface area contributed by atoms with E-state index in [-0.39, 0.29) is 24.1 Å². The first-order chi connectivity index (χ1) is 14.3. The number of hydrogen-bond donors (Lipinski definition) is 3. The molecule has 2 rings (SSSR count). The van der Waals surface area contributed by atoms with Crippen LogP contribution in [-0.2, 0) is 21.4 Å². The maximum atomic E-state index is 12.5. The van der Waals surface area contributed by atoms with Gasteiger partial charge in [-0.25, -0.2) is 13.1 Å². The Bertz CT molecular complexity index is 952. The minimum absolute atomic E-state index is 0.0880. The van der Waals surface area contributed by atoms with Crippen LogP contribution in [-0.4, -0.2) is 49.0 Å². The van der Waals surface area contributed by atoms with E-state index < -0.39 is 16.1 Å². The Morgan fingerprint density at radius 1 is 1.17 bits per heavy atom. The number of rotatable bonds is 11.